The average molecular weight is 248 g/mol. The predicted molar refractivity (Wildman–Crippen MR) is 63.4 cm³/mol. The van der Waals surface area contributed by atoms with Crippen molar-refractivity contribution >= 4 is 17.2 Å². The Kier molecular flexibility index (Phi) is 2.30. The van der Waals surface area contributed by atoms with Crippen molar-refractivity contribution in [3.05, 3.63) is 53.4 Å². The zero-order valence-corrected chi connectivity index (χ0v) is 9.39. The monoisotopic (exact) mass is 247 g/mol. The van der Waals surface area contributed by atoms with E-state index < -0.39 is 0 Å². The Morgan fingerprint density at radius 3 is 2.88 bits per heavy atom. The molecular formula is C12H7ClFN3. The molecular weight excluding hydrogens is 241 g/mol. The Bertz CT molecular complexity index is 693. The van der Waals surface area contributed by atoms with E-state index in [1.165, 1.54) is 12.1 Å². The molecule has 0 N–H and O–H groups in total. The summed E-state index contributed by atoms with van der Waals surface area (Å²) >= 11 is 5.85. The highest BCUT2D eigenvalue weighted by molar-refractivity contribution is 6.30. The fourth-order valence-electron chi connectivity index (χ4n) is 1.61. The summed E-state index contributed by atoms with van der Waals surface area (Å²) in [4.78, 5) is 4.29. The minimum Gasteiger partial charge on any atom is -0.219 e. The number of rotatable bonds is 1. The Balaban J connectivity index is 2.18. The van der Waals surface area contributed by atoms with Crippen LogP contribution in [0, 0.1) is 5.82 Å². The normalized spacial score (nSPS) is 10.9. The van der Waals surface area contributed by atoms with Crippen molar-refractivity contribution in [1.29, 1.82) is 0 Å². The van der Waals surface area contributed by atoms with Crippen molar-refractivity contribution in [1.82, 2.24) is 14.6 Å². The molecule has 0 aliphatic rings. The number of halogens is 2. The summed E-state index contributed by atoms with van der Waals surface area (Å²) in [6, 6.07) is 9.68. The van der Waals surface area contributed by atoms with Gasteiger partial charge in [-0.2, -0.15) is 0 Å². The van der Waals surface area contributed by atoms with Gasteiger partial charge in [-0.3, -0.25) is 0 Å². The van der Waals surface area contributed by atoms with Crippen LogP contribution < -0.4 is 0 Å². The Morgan fingerprint density at radius 1 is 1.18 bits per heavy atom. The van der Waals surface area contributed by atoms with Crippen LogP contribution in [-0.4, -0.2) is 14.6 Å². The van der Waals surface area contributed by atoms with E-state index in [0.29, 0.717) is 22.1 Å². The molecule has 3 nitrogen and oxygen atoms in total. The van der Waals surface area contributed by atoms with E-state index in [9.17, 15) is 4.39 Å². The summed E-state index contributed by atoms with van der Waals surface area (Å²) in [6.45, 7) is 0. The molecule has 5 heteroatoms. The summed E-state index contributed by atoms with van der Waals surface area (Å²) in [5.74, 6) is 0.172. The largest absolute Gasteiger partial charge is 0.219 e. The maximum absolute atomic E-state index is 13.1. The Labute approximate surface area is 101 Å². The van der Waals surface area contributed by atoms with Crippen LogP contribution in [0.4, 0.5) is 4.39 Å². The molecule has 0 amide bonds. The van der Waals surface area contributed by atoms with Crippen LogP contribution in [0.25, 0.3) is 17.0 Å². The number of benzene rings is 1. The second kappa shape index (κ2) is 3.82. The van der Waals surface area contributed by atoms with Crippen molar-refractivity contribution in [2.24, 2.45) is 0 Å². The third-order valence-electron chi connectivity index (χ3n) is 2.38. The molecule has 0 unspecified atom stereocenters. The zero-order chi connectivity index (χ0) is 11.8. The lowest BCUT2D eigenvalue weighted by atomic mass is 10.2. The van der Waals surface area contributed by atoms with Crippen LogP contribution in [-0.2, 0) is 0 Å². The molecule has 17 heavy (non-hydrogen) atoms. The maximum Gasteiger partial charge on any atom is 0.182 e. The predicted octanol–water partition coefficient (Wildman–Crippen LogP) is 3.19. The molecule has 0 fully saturated rings. The molecule has 3 rings (SSSR count). The van der Waals surface area contributed by atoms with Gasteiger partial charge in [-0.1, -0.05) is 23.7 Å². The van der Waals surface area contributed by atoms with E-state index in [1.54, 1.807) is 35.0 Å². The SMILES string of the molecule is Fc1cccc(-c2nc3ccc(Cl)cn3n2)c1. The lowest BCUT2D eigenvalue weighted by molar-refractivity contribution is 0.628. The van der Waals surface area contributed by atoms with Crippen molar-refractivity contribution < 1.29 is 4.39 Å². The molecule has 2 heterocycles. The van der Waals surface area contributed by atoms with Crippen LogP contribution in [0.1, 0.15) is 0 Å². The molecule has 0 saturated heterocycles. The third-order valence-corrected chi connectivity index (χ3v) is 2.60. The van der Waals surface area contributed by atoms with Gasteiger partial charge < -0.3 is 0 Å². The topological polar surface area (TPSA) is 30.2 Å². The van der Waals surface area contributed by atoms with Gasteiger partial charge in [0.1, 0.15) is 5.82 Å². The molecule has 84 valence electrons. The first-order valence-corrected chi connectivity index (χ1v) is 5.38. The summed E-state index contributed by atoms with van der Waals surface area (Å²) in [6.07, 6.45) is 1.66. The smallest absolute Gasteiger partial charge is 0.182 e. The highest BCUT2D eigenvalue weighted by Gasteiger charge is 2.06. The molecule has 0 radical (unpaired) electrons. The Morgan fingerprint density at radius 2 is 2.06 bits per heavy atom. The van der Waals surface area contributed by atoms with Gasteiger partial charge in [-0.05, 0) is 24.3 Å². The second-order valence-electron chi connectivity index (χ2n) is 3.60. The van der Waals surface area contributed by atoms with Crippen molar-refractivity contribution in [2.75, 3.05) is 0 Å². The molecule has 3 aromatic rings. The number of nitrogens with zero attached hydrogens (tertiary/aromatic N) is 3. The van der Waals surface area contributed by atoms with Crippen LogP contribution in [0.3, 0.4) is 0 Å². The highest BCUT2D eigenvalue weighted by Crippen LogP contribution is 2.18. The first-order valence-electron chi connectivity index (χ1n) is 5.00. The van der Waals surface area contributed by atoms with E-state index in [4.69, 9.17) is 11.6 Å². The fourth-order valence-corrected chi connectivity index (χ4v) is 1.76. The van der Waals surface area contributed by atoms with Gasteiger partial charge in [0.25, 0.3) is 0 Å². The van der Waals surface area contributed by atoms with Crippen LogP contribution >= 0.6 is 11.6 Å². The van der Waals surface area contributed by atoms with Crippen LogP contribution in [0.2, 0.25) is 5.02 Å². The zero-order valence-electron chi connectivity index (χ0n) is 8.64. The minimum absolute atomic E-state index is 0.306. The maximum atomic E-state index is 13.1. The highest BCUT2D eigenvalue weighted by atomic mass is 35.5. The van der Waals surface area contributed by atoms with E-state index >= 15 is 0 Å². The van der Waals surface area contributed by atoms with Gasteiger partial charge in [0, 0.05) is 11.8 Å². The lowest BCUT2D eigenvalue weighted by Crippen LogP contribution is -1.86. The first kappa shape index (κ1) is 10.2. The second-order valence-corrected chi connectivity index (χ2v) is 4.03. The quantitative estimate of drug-likeness (QED) is 0.661. The van der Waals surface area contributed by atoms with Gasteiger partial charge in [-0.25, -0.2) is 13.9 Å². The van der Waals surface area contributed by atoms with Crippen LogP contribution in [0.5, 0.6) is 0 Å². The number of fused-ring (bicyclic) bond motifs is 1. The molecule has 1 aromatic carbocycles. The van der Waals surface area contributed by atoms with Crippen molar-refractivity contribution in [3.63, 3.8) is 0 Å². The average Bonchev–Trinajstić information content (AvgIpc) is 2.72. The van der Waals surface area contributed by atoms with Crippen LogP contribution in [0.15, 0.2) is 42.6 Å². The number of hydrogen-bond acceptors (Lipinski definition) is 2. The lowest BCUT2D eigenvalue weighted by Gasteiger charge is -1.93. The number of hydrogen-bond donors (Lipinski definition) is 0. The molecule has 2 aromatic heterocycles. The van der Waals surface area contributed by atoms with Gasteiger partial charge in [-0.15, -0.1) is 5.10 Å². The van der Waals surface area contributed by atoms with E-state index in [1.807, 2.05) is 0 Å². The van der Waals surface area contributed by atoms with Crippen molar-refractivity contribution in [3.8, 4) is 11.4 Å². The summed E-state index contributed by atoms with van der Waals surface area (Å²) in [5.41, 5.74) is 1.32. The molecule has 0 aliphatic heterocycles. The summed E-state index contributed by atoms with van der Waals surface area (Å²) < 4.78 is 14.7. The summed E-state index contributed by atoms with van der Waals surface area (Å²) in [5, 5.41) is 4.82. The standard InChI is InChI=1S/C12H7ClFN3/c13-9-4-5-11-15-12(16-17(11)7-9)8-2-1-3-10(14)6-8/h1-7H. The van der Waals surface area contributed by atoms with E-state index in [0.717, 1.165) is 0 Å². The third kappa shape index (κ3) is 1.87. The van der Waals surface area contributed by atoms with Gasteiger partial charge in [0.2, 0.25) is 0 Å². The number of pyridine rings is 1. The summed E-state index contributed by atoms with van der Waals surface area (Å²) in [7, 11) is 0. The molecule has 0 aliphatic carbocycles. The van der Waals surface area contributed by atoms with Gasteiger partial charge >= 0.3 is 0 Å². The van der Waals surface area contributed by atoms with Gasteiger partial charge in [0.15, 0.2) is 11.5 Å². The first-order chi connectivity index (χ1) is 8.22. The molecule has 0 saturated carbocycles. The molecule has 0 spiro atoms. The minimum atomic E-state index is -0.306. The Hall–Kier alpha value is -1.94. The fraction of sp³-hybridized carbons (Fsp3) is 0. The van der Waals surface area contributed by atoms with Gasteiger partial charge in [0.05, 0.1) is 5.02 Å². The van der Waals surface area contributed by atoms with Crippen molar-refractivity contribution in [2.45, 2.75) is 0 Å². The molecule has 0 bridgehead atoms. The number of aromatic nitrogens is 3. The van der Waals surface area contributed by atoms with E-state index in [-0.39, 0.29) is 5.82 Å². The molecule has 0 atom stereocenters. The van der Waals surface area contributed by atoms with E-state index in [2.05, 4.69) is 10.1 Å².